The zero-order chi connectivity index (χ0) is 18.4. The van der Waals surface area contributed by atoms with Crippen LogP contribution in [0.2, 0.25) is 0 Å². The molecule has 2 heterocycles. The molecule has 0 aliphatic carbocycles. The van der Waals surface area contributed by atoms with Gasteiger partial charge in [-0.1, -0.05) is 0 Å². The molecule has 1 aromatic heterocycles. The monoisotopic (exact) mass is 363 g/mol. The largest absolute Gasteiger partial charge is 0.495 e. The predicted octanol–water partition coefficient (Wildman–Crippen LogP) is 3.14. The smallest absolute Gasteiger partial charge is 0.336 e. The number of rotatable bonds is 3. The summed E-state index contributed by atoms with van der Waals surface area (Å²) in [6.45, 7) is 6.06. The number of ether oxygens (including phenoxy) is 2. The van der Waals surface area contributed by atoms with Gasteiger partial charge in [-0.2, -0.15) is 0 Å². The zero-order valence-electron chi connectivity index (χ0n) is 14.6. The fraction of sp³-hybridized carbons (Fsp3) is 0.444. The van der Waals surface area contributed by atoms with Gasteiger partial charge in [0, 0.05) is 16.8 Å². The Morgan fingerprint density at radius 1 is 1.32 bits per heavy atom. The minimum absolute atomic E-state index is 0.234. The van der Waals surface area contributed by atoms with E-state index in [-0.39, 0.29) is 11.5 Å². The molecule has 1 aliphatic rings. The number of hydrogen-bond donors (Lipinski definition) is 2. The lowest BCUT2D eigenvalue weighted by molar-refractivity contribution is -0.157. The van der Waals surface area contributed by atoms with Crippen molar-refractivity contribution in [3.63, 3.8) is 0 Å². The number of benzene rings is 1. The molecule has 0 amide bonds. The molecule has 1 atom stereocenters. The van der Waals surface area contributed by atoms with E-state index in [0.29, 0.717) is 24.1 Å². The highest BCUT2D eigenvalue weighted by Gasteiger charge is 2.34. The van der Waals surface area contributed by atoms with Gasteiger partial charge < -0.3 is 14.6 Å². The minimum Gasteiger partial charge on any atom is -0.495 e. The van der Waals surface area contributed by atoms with E-state index in [2.05, 4.69) is 5.32 Å². The summed E-state index contributed by atoms with van der Waals surface area (Å²) in [5.41, 5.74) is 0.542. The highest BCUT2D eigenvalue weighted by Crippen LogP contribution is 2.44. The first kappa shape index (κ1) is 17.7. The summed E-state index contributed by atoms with van der Waals surface area (Å²) in [5.74, 6) is -0.723. The molecule has 1 aliphatic heterocycles. The molecular weight excluding hydrogens is 342 g/mol. The second kappa shape index (κ2) is 6.31. The maximum atomic E-state index is 12.6. The Morgan fingerprint density at radius 3 is 2.64 bits per heavy atom. The Hall–Kier alpha value is -2.12. The molecule has 3 rings (SSSR count). The van der Waals surface area contributed by atoms with Crippen molar-refractivity contribution >= 4 is 33.4 Å². The number of hydrogen-bond acceptors (Lipinski definition) is 6. The zero-order valence-corrected chi connectivity index (χ0v) is 15.5. The van der Waals surface area contributed by atoms with Crippen LogP contribution in [0.4, 0.5) is 0 Å². The summed E-state index contributed by atoms with van der Waals surface area (Å²) in [6.07, 6.45) is 0.655. The molecule has 25 heavy (non-hydrogen) atoms. The van der Waals surface area contributed by atoms with Crippen molar-refractivity contribution in [1.29, 1.82) is 0 Å². The van der Waals surface area contributed by atoms with Crippen LogP contribution in [0.1, 0.15) is 47.6 Å². The first-order valence-electron chi connectivity index (χ1n) is 8.04. The standard InChI is InChI=1S/C18H21NO5S/c1-18(2,3)24-17(22)13-14-9(7-8-19-13)12-10(16(20)21)5-6-11(23-4)15(12)25-14/h5-6,13,19H,7-8H2,1-4H3,(H,20,21). The molecule has 0 bridgehead atoms. The molecular formula is C18H21NO5S. The molecule has 0 saturated heterocycles. The molecule has 0 saturated carbocycles. The minimum atomic E-state index is -0.986. The number of thiophene rings is 1. The van der Waals surface area contributed by atoms with Gasteiger partial charge in [-0.25, -0.2) is 9.59 Å². The maximum Gasteiger partial charge on any atom is 0.336 e. The molecule has 6 nitrogen and oxygen atoms in total. The molecule has 1 unspecified atom stereocenters. The van der Waals surface area contributed by atoms with Crippen LogP contribution in [-0.2, 0) is 16.0 Å². The van der Waals surface area contributed by atoms with Gasteiger partial charge >= 0.3 is 11.9 Å². The predicted molar refractivity (Wildman–Crippen MR) is 95.6 cm³/mol. The van der Waals surface area contributed by atoms with Crippen LogP contribution < -0.4 is 10.1 Å². The third kappa shape index (κ3) is 3.21. The Morgan fingerprint density at radius 2 is 2.04 bits per heavy atom. The van der Waals surface area contributed by atoms with Gasteiger partial charge in [0.2, 0.25) is 0 Å². The lowest BCUT2D eigenvalue weighted by Gasteiger charge is -2.27. The summed E-state index contributed by atoms with van der Waals surface area (Å²) < 4.78 is 11.7. The van der Waals surface area contributed by atoms with Gasteiger partial charge in [0.1, 0.15) is 17.4 Å². The Labute approximate surface area is 149 Å². The SMILES string of the molecule is COc1ccc(C(=O)O)c2c3c(sc12)C(C(=O)OC(C)(C)C)NCC3. The van der Waals surface area contributed by atoms with Crippen LogP contribution in [0.25, 0.3) is 10.1 Å². The summed E-state index contributed by atoms with van der Waals surface area (Å²) in [4.78, 5) is 25.1. The Kier molecular flexibility index (Phi) is 4.47. The van der Waals surface area contributed by atoms with Crippen molar-refractivity contribution in [2.75, 3.05) is 13.7 Å². The number of methoxy groups -OCH3 is 1. The van der Waals surface area contributed by atoms with Gasteiger partial charge in [0.05, 0.1) is 17.4 Å². The lowest BCUT2D eigenvalue weighted by Crippen LogP contribution is -2.38. The first-order chi connectivity index (χ1) is 11.7. The molecule has 0 spiro atoms. The third-order valence-electron chi connectivity index (χ3n) is 4.01. The number of nitrogens with one attached hydrogen (secondary N) is 1. The highest BCUT2D eigenvalue weighted by molar-refractivity contribution is 7.20. The number of fused-ring (bicyclic) bond motifs is 3. The second-order valence-electron chi connectivity index (χ2n) is 6.94. The van der Waals surface area contributed by atoms with Crippen LogP contribution in [0, 0.1) is 0 Å². The number of esters is 1. The molecule has 1 aromatic carbocycles. The van der Waals surface area contributed by atoms with Crippen molar-refractivity contribution in [1.82, 2.24) is 5.32 Å². The summed E-state index contributed by atoms with van der Waals surface area (Å²) in [5, 5.41) is 13.4. The fourth-order valence-corrected chi connectivity index (χ4v) is 4.50. The summed E-state index contributed by atoms with van der Waals surface area (Å²) in [7, 11) is 1.55. The van der Waals surface area contributed by atoms with Crippen molar-refractivity contribution in [2.24, 2.45) is 0 Å². The van der Waals surface area contributed by atoms with Gasteiger partial charge in [-0.3, -0.25) is 5.32 Å². The van der Waals surface area contributed by atoms with Crippen LogP contribution in [-0.4, -0.2) is 36.3 Å². The highest BCUT2D eigenvalue weighted by atomic mass is 32.1. The molecule has 0 radical (unpaired) electrons. The normalized spacial score (nSPS) is 17.2. The van der Waals surface area contributed by atoms with Gasteiger partial charge in [-0.05, 0) is 44.9 Å². The first-order valence-corrected chi connectivity index (χ1v) is 8.86. The van der Waals surface area contributed by atoms with Crippen molar-refractivity contribution in [2.45, 2.75) is 38.8 Å². The summed E-state index contributed by atoms with van der Waals surface area (Å²) >= 11 is 1.39. The van der Waals surface area contributed by atoms with Gasteiger partial charge in [0.25, 0.3) is 0 Å². The van der Waals surface area contributed by atoms with Crippen LogP contribution in [0.3, 0.4) is 0 Å². The quantitative estimate of drug-likeness (QED) is 0.815. The third-order valence-corrected chi connectivity index (χ3v) is 5.32. The van der Waals surface area contributed by atoms with Crippen molar-refractivity contribution in [3.05, 3.63) is 28.1 Å². The van der Waals surface area contributed by atoms with Crippen LogP contribution in [0.5, 0.6) is 5.75 Å². The van der Waals surface area contributed by atoms with E-state index in [1.54, 1.807) is 19.2 Å². The van der Waals surface area contributed by atoms with E-state index in [9.17, 15) is 14.7 Å². The topological polar surface area (TPSA) is 84.9 Å². The molecule has 2 N–H and O–H groups in total. The average molecular weight is 363 g/mol. The maximum absolute atomic E-state index is 12.6. The van der Waals surface area contributed by atoms with E-state index in [1.807, 2.05) is 20.8 Å². The van der Waals surface area contributed by atoms with E-state index < -0.39 is 17.6 Å². The molecule has 0 fully saturated rings. The van der Waals surface area contributed by atoms with Gasteiger partial charge in [-0.15, -0.1) is 11.3 Å². The average Bonchev–Trinajstić information content (AvgIpc) is 2.91. The van der Waals surface area contributed by atoms with Gasteiger partial charge in [0.15, 0.2) is 0 Å². The number of carboxylic acids is 1. The lowest BCUT2D eigenvalue weighted by atomic mass is 9.96. The van der Waals surface area contributed by atoms with Crippen LogP contribution in [0.15, 0.2) is 12.1 Å². The molecule has 2 aromatic rings. The summed E-state index contributed by atoms with van der Waals surface area (Å²) in [6, 6.07) is 2.62. The Bertz CT molecular complexity index is 849. The van der Waals surface area contributed by atoms with Crippen molar-refractivity contribution < 1.29 is 24.2 Å². The number of carbonyl (C=O) groups excluding carboxylic acids is 1. The van der Waals surface area contributed by atoms with E-state index >= 15 is 0 Å². The number of aromatic carboxylic acids is 1. The number of carboxylic acid groups (broad SMARTS) is 1. The van der Waals surface area contributed by atoms with E-state index in [0.717, 1.165) is 15.1 Å². The van der Waals surface area contributed by atoms with Crippen molar-refractivity contribution in [3.8, 4) is 5.75 Å². The number of carbonyl (C=O) groups is 2. The molecule has 7 heteroatoms. The van der Waals surface area contributed by atoms with E-state index in [4.69, 9.17) is 9.47 Å². The molecule has 134 valence electrons. The van der Waals surface area contributed by atoms with Crippen LogP contribution >= 0.6 is 11.3 Å². The van der Waals surface area contributed by atoms with E-state index in [1.165, 1.54) is 11.3 Å². The Balaban J connectivity index is 2.17. The second-order valence-corrected chi connectivity index (χ2v) is 7.99. The fourth-order valence-electron chi connectivity index (χ4n) is 3.06.